The highest BCUT2D eigenvalue weighted by molar-refractivity contribution is 7.84. The standard InChI is InChI=1S/C36H39F3N2O4S/c1-3-5-19-44-20-21-45-33-13-9-28(10-14-33)29-11-17-35(36(37,38)39)30(23-29)8-12-32(42)22-27-6-15-34(16-7-27)46(43)25-31-24-40-26-41(31)18-4-2/h6-17,23-24,26H,3-5,18-22,25H2,1-2H3/b12-8+/t46-/m1/s1. The number of carbonyl (C=O) groups excluding carboxylic acids is 1. The Hall–Kier alpha value is -4.02. The number of rotatable bonds is 17. The zero-order chi connectivity index (χ0) is 32.9. The van der Waals surface area contributed by atoms with Crippen molar-refractivity contribution in [3.8, 4) is 16.9 Å². The van der Waals surface area contributed by atoms with Crippen LogP contribution in [0.15, 0.2) is 90.2 Å². The molecule has 0 saturated carbocycles. The maximum Gasteiger partial charge on any atom is 0.416 e. The molecule has 4 rings (SSSR count). The lowest BCUT2D eigenvalue weighted by molar-refractivity contribution is -0.137. The first-order valence-corrected chi connectivity index (χ1v) is 16.7. The fourth-order valence-electron chi connectivity index (χ4n) is 4.78. The molecule has 1 aromatic heterocycles. The van der Waals surface area contributed by atoms with Gasteiger partial charge in [-0.1, -0.05) is 56.7 Å². The summed E-state index contributed by atoms with van der Waals surface area (Å²) in [6.45, 7) is 6.54. The first-order valence-electron chi connectivity index (χ1n) is 15.4. The Kier molecular flexibility index (Phi) is 12.9. The van der Waals surface area contributed by atoms with Crippen molar-refractivity contribution in [3.05, 3.63) is 108 Å². The van der Waals surface area contributed by atoms with E-state index in [2.05, 4.69) is 18.8 Å². The molecule has 0 saturated heterocycles. The molecule has 0 aliphatic heterocycles. The fourth-order valence-corrected chi connectivity index (χ4v) is 5.89. The molecule has 0 radical (unpaired) electrons. The minimum Gasteiger partial charge on any atom is -0.491 e. The quantitative estimate of drug-likeness (QED) is 0.0848. The number of aryl methyl sites for hydroxylation is 1. The molecule has 0 fully saturated rings. The number of ether oxygens (including phenoxy) is 2. The summed E-state index contributed by atoms with van der Waals surface area (Å²) in [6, 6.07) is 17.8. The number of unbranched alkanes of at least 4 members (excludes halogenated alkanes) is 1. The second-order valence-corrected chi connectivity index (χ2v) is 12.3. The number of halogens is 3. The van der Waals surface area contributed by atoms with Crippen molar-refractivity contribution < 1.29 is 31.6 Å². The highest BCUT2D eigenvalue weighted by Gasteiger charge is 2.32. The van der Waals surface area contributed by atoms with Gasteiger partial charge in [-0.2, -0.15) is 13.2 Å². The Balaban J connectivity index is 1.39. The van der Waals surface area contributed by atoms with E-state index < -0.39 is 22.5 Å². The van der Waals surface area contributed by atoms with Crippen LogP contribution in [-0.4, -0.2) is 39.4 Å². The number of alkyl halides is 3. The van der Waals surface area contributed by atoms with E-state index in [1.54, 1.807) is 61.1 Å². The van der Waals surface area contributed by atoms with Gasteiger partial charge in [0.2, 0.25) is 0 Å². The molecule has 1 heterocycles. The van der Waals surface area contributed by atoms with E-state index >= 15 is 0 Å². The molecule has 10 heteroatoms. The van der Waals surface area contributed by atoms with Crippen molar-refractivity contribution in [2.45, 2.75) is 62.9 Å². The molecule has 0 bridgehead atoms. The first kappa shape index (κ1) is 34.8. The number of ketones is 1. The molecule has 1 atom stereocenters. The molecular weight excluding hydrogens is 613 g/mol. The summed E-state index contributed by atoms with van der Waals surface area (Å²) >= 11 is 0. The van der Waals surface area contributed by atoms with Gasteiger partial charge in [0.15, 0.2) is 5.78 Å². The van der Waals surface area contributed by atoms with Gasteiger partial charge in [0, 0.05) is 30.7 Å². The van der Waals surface area contributed by atoms with Crippen molar-refractivity contribution in [1.29, 1.82) is 0 Å². The summed E-state index contributed by atoms with van der Waals surface area (Å²) in [6.07, 6.45) is 4.25. The summed E-state index contributed by atoms with van der Waals surface area (Å²) in [5.41, 5.74) is 1.93. The van der Waals surface area contributed by atoms with Crippen LogP contribution < -0.4 is 4.74 Å². The van der Waals surface area contributed by atoms with Gasteiger partial charge in [-0.25, -0.2) is 4.98 Å². The average Bonchev–Trinajstić information content (AvgIpc) is 3.48. The summed E-state index contributed by atoms with van der Waals surface area (Å²) < 4.78 is 67.5. The number of benzene rings is 3. The molecule has 0 spiro atoms. The third-order valence-electron chi connectivity index (χ3n) is 7.24. The number of hydrogen-bond acceptors (Lipinski definition) is 5. The molecule has 46 heavy (non-hydrogen) atoms. The molecule has 4 aromatic rings. The molecule has 244 valence electrons. The minimum absolute atomic E-state index is 0.00116. The molecular formula is C36H39F3N2O4S. The maximum absolute atomic E-state index is 13.8. The van der Waals surface area contributed by atoms with E-state index in [1.165, 1.54) is 24.3 Å². The number of carbonyl (C=O) groups is 1. The van der Waals surface area contributed by atoms with Crippen LogP contribution in [0.4, 0.5) is 13.2 Å². The molecule has 6 nitrogen and oxygen atoms in total. The van der Waals surface area contributed by atoms with Gasteiger partial charge in [-0.05, 0) is 77.6 Å². The highest BCUT2D eigenvalue weighted by atomic mass is 32.2. The van der Waals surface area contributed by atoms with Crippen LogP contribution in [0.2, 0.25) is 0 Å². The number of aromatic nitrogens is 2. The fraction of sp³-hybridized carbons (Fsp3) is 0.333. The van der Waals surface area contributed by atoms with Crippen LogP contribution >= 0.6 is 0 Å². The van der Waals surface area contributed by atoms with Crippen molar-refractivity contribution in [1.82, 2.24) is 9.55 Å². The third kappa shape index (κ3) is 10.3. The average molecular weight is 653 g/mol. The van der Waals surface area contributed by atoms with E-state index in [0.29, 0.717) is 52.9 Å². The van der Waals surface area contributed by atoms with Crippen LogP contribution in [0.3, 0.4) is 0 Å². The number of imidazole rings is 1. The van der Waals surface area contributed by atoms with Crippen molar-refractivity contribution in [2.24, 2.45) is 0 Å². The van der Waals surface area contributed by atoms with Crippen molar-refractivity contribution in [2.75, 3.05) is 19.8 Å². The number of hydrogen-bond donors (Lipinski definition) is 0. The highest BCUT2D eigenvalue weighted by Crippen LogP contribution is 2.35. The molecule has 0 aliphatic carbocycles. The summed E-state index contributed by atoms with van der Waals surface area (Å²) in [7, 11) is -1.29. The van der Waals surface area contributed by atoms with E-state index in [0.717, 1.165) is 37.6 Å². The molecule has 0 aliphatic rings. The zero-order valence-corrected chi connectivity index (χ0v) is 26.9. The smallest absolute Gasteiger partial charge is 0.416 e. The van der Waals surface area contributed by atoms with Crippen LogP contribution in [0.25, 0.3) is 17.2 Å². The van der Waals surface area contributed by atoms with Gasteiger partial charge in [0.05, 0.1) is 40.7 Å². The van der Waals surface area contributed by atoms with Crippen LogP contribution in [0.5, 0.6) is 5.75 Å². The second kappa shape index (κ2) is 17.1. The molecule has 3 aromatic carbocycles. The summed E-state index contributed by atoms with van der Waals surface area (Å²) in [4.78, 5) is 17.5. The van der Waals surface area contributed by atoms with Gasteiger partial charge in [0.25, 0.3) is 0 Å². The van der Waals surface area contributed by atoms with Gasteiger partial charge < -0.3 is 14.0 Å². The van der Waals surface area contributed by atoms with Gasteiger partial charge >= 0.3 is 6.18 Å². The Morgan fingerprint density at radius 3 is 2.37 bits per heavy atom. The Morgan fingerprint density at radius 1 is 0.935 bits per heavy atom. The Labute approximate surface area is 270 Å². The van der Waals surface area contributed by atoms with E-state index in [9.17, 15) is 22.2 Å². The SMILES string of the molecule is CCCCOCCOc1ccc(-c2ccc(C(F)(F)F)c(/C=C/C(=O)Cc3ccc([S@](=O)Cc4cncn4CCC)cc3)c2)cc1. The van der Waals surface area contributed by atoms with Crippen LogP contribution in [0.1, 0.15) is 55.5 Å². The Bertz CT molecular complexity index is 1610. The van der Waals surface area contributed by atoms with E-state index in [-0.39, 0.29) is 17.8 Å². The first-order chi connectivity index (χ1) is 22.2. The summed E-state index contributed by atoms with van der Waals surface area (Å²) in [5, 5.41) is 0. The third-order valence-corrected chi connectivity index (χ3v) is 8.59. The van der Waals surface area contributed by atoms with Crippen LogP contribution in [-0.2, 0) is 45.2 Å². The van der Waals surface area contributed by atoms with Crippen molar-refractivity contribution >= 4 is 22.7 Å². The van der Waals surface area contributed by atoms with E-state index in [4.69, 9.17) is 9.47 Å². The van der Waals surface area contributed by atoms with E-state index in [1.807, 2.05) is 4.57 Å². The number of allylic oxidation sites excluding steroid dienone is 1. The molecule has 0 unspecified atom stereocenters. The normalized spacial score (nSPS) is 12.5. The van der Waals surface area contributed by atoms with Crippen LogP contribution in [0, 0.1) is 0 Å². The summed E-state index contributed by atoms with van der Waals surface area (Å²) in [5.74, 6) is 0.615. The Morgan fingerprint density at radius 2 is 1.67 bits per heavy atom. The second-order valence-electron chi connectivity index (χ2n) is 10.8. The minimum atomic E-state index is -4.59. The lowest BCUT2D eigenvalue weighted by atomic mass is 9.98. The molecule has 0 N–H and O–H groups in total. The number of nitrogens with zero attached hydrogens (tertiary/aromatic N) is 2. The monoisotopic (exact) mass is 652 g/mol. The van der Waals surface area contributed by atoms with Crippen molar-refractivity contribution in [3.63, 3.8) is 0 Å². The predicted molar refractivity (Wildman–Crippen MR) is 175 cm³/mol. The maximum atomic E-state index is 13.8. The lowest BCUT2D eigenvalue weighted by Gasteiger charge is -2.13. The van der Waals surface area contributed by atoms with Gasteiger partial charge in [-0.15, -0.1) is 0 Å². The molecule has 0 amide bonds. The zero-order valence-electron chi connectivity index (χ0n) is 26.1. The topological polar surface area (TPSA) is 70.4 Å². The van der Waals surface area contributed by atoms with Gasteiger partial charge in [0.1, 0.15) is 12.4 Å². The largest absolute Gasteiger partial charge is 0.491 e. The predicted octanol–water partition coefficient (Wildman–Crippen LogP) is 8.31. The lowest BCUT2D eigenvalue weighted by Crippen LogP contribution is -2.08. The van der Waals surface area contributed by atoms with Gasteiger partial charge in [-0.3, -0.25) is 9.00 Å².